The van der Waals surface area contributed by atoms with Gasteiger partial charge in [0.15, 0.2) is 0 Å². The molecule has 1 saturated heterocycles. The number of carbonyl (C=O) groups is 1. The van der Waals surface area contributed by atoms with Crippen molar-refractivity contribution in [2.24, 2.45) is 0 Å². The number of amides is 1. The number of hydrogen-bond donors (Lipinski definition) is 2. The van der Waals surface area contributed by atoms with Gasteiger partial charge in [-0.2, -0.15) is 10.2 Å². The van der Waals surface area contributed by atoms with E-state index in [0.29, 0.717) is 25.3 Å². The Morgan fingerprint density at radius 1 is 1.12 bits per heavy atom. The molecule has 0 spiro atoms. The van der Waals surface area contributed by atoms with E-state index in [0.717, 1.165) is 16.5 Å². The lowest BCUT2D eigenvalue weighted by molar-refractivity contribution is -0.131. The van der Waals surface area contributed by atoms with E-state index >= 15 is 0 Å². The molecule has 0 unspecified atom stereocenters. The van der Waals surface area contributed by atoms with Crippen molar-refractivity contribution in [3.05, 3.63) is 51.5 Å². The Kier molecular flexibility index (Phi) is 3.89. The normalized spacial score (nSPS) is 15.2. The van der Waals surface area contributed by atoms with Crippen molar-refractivity contribution in [3.8, 4) is 0 Å². The van der Waals surface area contributed by atoms with E-state index in [1.807, 2.05) is 18.2 Å². The van der Waals surface area contributed by atoms with E-state index in [2.05, 4.69) is 20.4 Å². The number of carbonyl (C=O) groups excluding carboxylic acids is 1. The predicted octanol–water partition coefficient (Wildman–Crippen LogP) is 1.15. The highest BCUT2D eigenvalue weighted by Crippen LogP contribution is 2.24. The van der Waals surface area contributed by atoms with Gasteiger partial charge in [0.25, 0.3) is 5.56 Å². The minimum atomic E-state index is -0.458. The smallest absolute Gasteiger partial charge is 0.285 e. The average Bonchev–Trinajstić information content (AvgIpc) is 3.09. The van der Waals surface area contributed by atoms with Crippen molar-refractivity contribution >= 4 is 34.1 Å². The minimum Gasteiger partial charge on any atom is -0.358 e. The van der Waals surface area contributed by atoms with Gasteiger partial charge < -0.3 is 9.80 Å². The summed E-state index contributed by atoms with van der Waals surface area (Å²) in [5, 5.41) is 14.1. The molecule has 8 nitrogen and oxygen atoms in total. The maximum absolute atomic E-state index is 12.6. The van der Waals surface area contributed by atoms with Crippen LogP contribution in [-0.2, 0) is 11.3 Å². The second-order valence-corrected chi connectivity index (χ2v) is 6.26. The number of nitrogens with one attached hydrogen (secondary N) is 2. The van der Waals surface area contributed by atoms with Crippen LogP contribution in [0, 0.1) is 0 Å². The van der Waals surface area contributed by atoms with Crippen LogP contribution >= 0.6 is 11.6 Å². The molecule has 9 heteroatoms. The quantitative estimate of drug-likeness (QED) is 0.732. The maximum Gasteiger partial charge on any atom is 0.285 e. The van der Waals surface area contributed by atoms with Crippen LogP contribution in [0.15, 0.2) is 35.4 Å². The van der Waals surface area contributed by atoms with Gasteiger partial charge in [0.2, 0.25) is 5.91 Å². The fraction of sp³-hybridized carbons (Fsp3) is 0.250. The molecule has 2 aromatic heterocycles. The number of piperazine rings is 1. The van der Waals surface area contributed by atoms with E-state index in [4.69, 9.17) is 11.6 Å². The monoisotopic (exact) mass is 358 g/mol. The number of anilines is 1. The molecule has 0 radical (unpaired) electrons. The van der Waals surface area contributed by atoms with Gasteiger partial charge in [0.1, 0.15) is 5.02 Å². The number of aromatic nitrogens is 4. The molecule has 0 bridgehead atoms. The number of nitrogens with zero attached hydrogens (tertiary/aromatic N) is 4. The number of fused-ring (bicyclic) bond motifs is 1. The first kappa shape index (κ1) is 15.6. The van der Waals surface area contributed by atoms with E-state index < -0.39 is 5.56 Å². The molecule has 0 aliphatic carbocycles. The second kappa shape index (κ2) is 6.21. The average molecular weight is 359 g/mol. The lowest BCUT2D eigenvalue weighted by Gasteiger charge is -2.35. The summed E-state index contributed by atoms with van der Waals surface area (Å²) in [5.41, 5.74) is 2.02. The van der Waals surface area contributed by atoms with E-state index in [-0.39, 0.29) is 17.5 Å². The molecule has 25 heavy (non-hydrogen) atoms. The molecule has 2 N–H and O–H groups in total. The first-order valence-corrected chi connectivity index (χ1v) is 8.18. The number of hydrogen-bond acceptors (Lipinski definition) is 5. The van der Waals surface area contributed by atoms with E-state index in [1.54, 1.807) is 16.0 Å². The first-order chi connectivity index (χ1) is 12.1. The Labute approximate surface area is 147 Å². The molecule has 4 rings (SSSR count). The number of H-pyrrole nitrogens is 2. The van der Waals surface area contributed by atoms with Crippen molar-refractivity contribution in [1.82, 2.24) is 25.3 Å². The van der Waals surface area contributed by atoms with Crippen LogP contribution in [0.4, 0.5) is 5.69 Å². The first-order valence-electron chi connectivity index (χ1n) is 7.80. The summed E-state index contributed by atoms with van der Waals surface area (Å²) in [6.07, 6.45) is 3.24. The van der Waals surface area contributed by atoms with Gasteiger partial charge >= 0.3 is 0 Å². The number of halogens is 1. The Bertz CT molecular complexity index is 997. The molecule has 1 aliphatic heterocycles. The lowest BCUT2D eigenvalue weighted by Crippen LogP contribution is -2.50. The summed E-state index contributed by atoms with van der Waals surface area (Å²) >= 11 is 6.03. The number of aromatic amines is 2. The maximum atomic E-state index is 12.6. The molecule has 0 saturated carbocycles. The zero-order valence-electron chi connectivity index (χ0n) is 13.2. The molecule has 1 aromatic carbocycles. The van der Waals surface area contributed by atoms with Crippen LogP contribution in [-0.4, -0.2) is 50.8 Å². The van der Waals surface area contributed by atoms with Crippen molar-refractivity contribution in [1.29, 1.82) is 0 Å². The van der Waals surface area contributed by atoms with Crippen molar-refractivity contribution in [3.63, 3.8) is 0 Å². The predicted molar refractivity (Wildman–Crippen MR) is 93.6 cm³/mol. The van der Waals surface area contributed by atoms with Crippen LogP contribution in [0.25, 0.3) is 10.9 Å². The van der Waals surface area contributed by atoms with Crippen LogP contribution in [0.3, 0.4) is 0 Å². The highest BCUT2D eigenvalue weighted by Gasteiger charge is 2.26. The van der Waals surface area contributed by atoms with Crippen LogP contribution in [0.1, 0.15) is 5.56 Å². The second-order valence-electron chi connectivity index (χ2n) is 5.88. The summed E-state index contributed by atoms with van der Waals surface area (Å²) in [7, 11) is 0. The summed E-state index contributed by atoms with van der Waals surface area (Å²) in [4.78, 5) is 27.7. The molecule has 1 fully saturated rings. The molecule has 1 amide bonds. The van der Waals surface area contributed by atoms with Gasteiger partial charge in [0, 0.05) is 25.0 Å². The minimum absolute atomic E-state index is 0.0249. The zero-order valence-corrected chi connectivity index (χ0v) is 14.0. The molecule has 3 heterocycles. The Morgan fingerprint density at radius 2 is 1.96 bits per heavy atom. The van der Waals surface area contributed by atoms with Gasteiger partial charge in [-0.3, -0.25) is 14.7 Å². The van der Waals surface area contributed by atoms with Crippen molar-refractivity contribution in [2.45, 2.75) is 6.54 Å². The molecule has 3 aromatic rings. The van der Waals surface area contributed by atoms with Gasteiger partial charge in [-0.15, -0.1) is 0 Å². The Morgan fingerprint density at radius 3 is 2.80 bits per heavy atom. The van der Waals surface area contributed by atoms with Crippen LogP contribution < -0.4 is 10.5 Å². The SMILES string of the molecule is O=C1CN(c2cn[nH]c(=O)c2Cl)CCN1Cc1cccc2[nH]ncc12. The highest BCUT2D eigenvalue weighted by molar-refractivity contribution is 6.33. The third-order valence-corrected chi connectivity index (χ3v) is 4.74. The lowest BCUT2D eigenvalue weighted by atomic mass is 10.1. The Hall–Kier alpha value is -2.87. The topological polar surface area (TPSA) is 98.0 Å². The van der Waals surface area contributed by atoms with Gasteiger partial charge in [-0.1, -0.05) is 23.7 Å². The van der Waals surface area contributed by atoms with Gasteiger partial charge in [0.05, 0.1) is 30.1 Å². The van der Waals surface area contributed by atoms with Crippen molar-refractivity contribution in [2.75, 3.05) is 24.5 Å². The number of benzene rings is 1. The van der Waals surface area contributed by atoms with Gasteiger partial charge in [-0.05, 0) is 11.6 Å². The molecular weight excluding hydrogens is 344 g/mol. The summed E-state index contributed by atoms with van der Waals surface area (Å²) in [6.45, 7) is 1.80. The van der Waals surface area contributed by atoms with E-state index in [9.17, 15) is 9.59 Å². The van der Waals surface area contributed by atoms with Gasteiger partial charge in [-0.25, -0.2) is 5.10 Å². The largest absolute Gasteiger partial charge is 0.358 e. The molecule has 128 valence electrons. The molecule has 0 atom stereocenters. The molecule has 1 aliphatic rings. The van der Waals surface area contributed by atoms with Crippen molar-refractivity contribution < 1.29 is 4.79 Å². The summed E-state index contributed by atoms with van der Waals surface area (Å²) < 4.78 is 0. The standard InChI is InChI=1S/C16H15ClN6O2/c17-15-13(7-19-21-16(15)25)22-4-5-23(14(24)9-22)8-10-2-1-3-12-11(10)6-18-20-12/h1-3,6-7H,4-5,8-9H2,(H,18,20)(H,21,25). The van der Waals surface area contributed by atoms with Crippen LogP contribution in [0.5, 0.6) is 0 Å². The summed E-state index contributed by atoms with van der Waals surface area (Å²) in [6, 6.07) is 5.89. The fourth-order valence-corrected chi connectivity index (χ4v) is 3.26. The number of rotatable bonds is 3. The zero-order chi connectivity index (χ0) is 17.4. The molecular formula is C16H15ClN6O2. The van der Waals surface area contributed by atoms with E-state index in [1.165, 1.54) is 6.20 Å². The third-order valence-electron chi connectivity index (χ3n) is 4.37. The Balaban J connectivity index is 1.52. The third kappa shape index (κ3) is 2.85. The fourth-order valence-electron chi connectivity index (χ4n) is 3.05. The van der Waals surface area contributed by atoms with Crippen LogP contribution in [0.2, 0.25) is 5.02 Å². The summed E-state index contributed by atoms with van der Waals surface area (Å²) in [5.74, 6) is -0.0249. The highest BCUT2D eigenvalue weighted by atomic mass is 35.5.